The number of hydrogen-bond donors (Lipinski definition) is 1. The van der Waals surface area contributed by atoms with Crippen molar-refractivity contribution >= 4 is 23.5 Å². The quantitative estimate of drug-likeness (QED) is 0.860. The minimum Gasteiger partial charge on any atom is -0.468 e. The summed E-state index contributed by atoms with van der Waals surface area (Å²) in [4.78, 5) is 0. The maximum absolute atomic E-state index is 5.45. The van der Waals surface area contributed by atoms with Gasteiger partial charge in [-0.1, -0.05) is 0 Å². The van der Waals surface area contributed by atoms with E-state index in [9.17, 15) is 0 Å². The van der Waals surface area contributed by atoms with Crippen LogP contribution in [0.5, 0.6) is 0 Å². The first kappa shape index (κ1) is 10.5. The number of nitrogens with one attached hydrogen (secondary N) is 1. The summed E-state index contributed by atoms with van der Waals surface area (Å²) in [6.45, 7) is 0. The van der Waals surface area contributed by atoms with Crippen LogP contribution in [0.2, 0.25) is 0 Å². The van der Waals surface area contributed by atoms with E-state index in [0.29, 0.717) is 11.3 Å². The predicted molar refractivity (Wildman–Crippen MR) is 64.1 cm³/mol. The Bertz CT molecular complexity index is 257. The van der Waals surface area contributed by atoms with Gasteiger partial charge < -0.3 is 9.73 Å². The third-order valence-electron chi connectivity index (χ3n) is 2.37. The van der Waals surface area contributed by atoms with Crippen molar-refractivity contribution in [3.63, 3.8) is 0 Å². The SMILES string of the molecule is CNC(c1ccco1)C1CSCCS1. The van der Waals surface area contributed by atoms with E-state index in [1.165, 1.54) is 17.3 Å². The molecular weight excluding hydrogens is 214 g/mol. The van der Waals surface area contributed by atoms with E-state index in [-0.39, 0.29) is 0 Å². The summed E-state index contributed by atoms with van der Waals surface area (Å²) in [5, 5.41) is 3.99. The van der Waals surface area contributed by atoms with Gasteiger partial charge in [-0.3, -0.25) is 0 Å². The molecule has 14 heavy (non-hydrogen) atoms. The molecule has 1 N–H and O–H groups in total. The van der Waals surface area contributed by atoms with Gasteiger partial charge in [-0.05, 0) is 19.2 Å². The lowest BCUT2D eigenvalue weighted by Gasteiger charge is -2.27. The molecule has 0 saturated carbocycles. The fourth-order valence-electron chi connectivity index (χ4n) is 1.68. The van der Waals surface area contributed by atoms with Crippen LogP contribution in [0.1, 0.15) is 11.8 Å². The van der Waals surface area contributed by atoms with E-state index in [1.54, 1.807) is 6.26 Å². The summed E-state index contributed by atoms with van der Waals surface area (Å²) in [6.07, 6.45) is 1.75. The minimum absolute atomic E-state index is 0.364. The fourth-order valence-corrected chi connectivity index (χ4v) is 4.56. The minimum atomic E-state index is 0.364. The van der Waals surface area contributed by atoms with E-state index >= 15 is 0 Å². The molecule has 0 bridgehead atoms. The average Bonchev–Trinajstić information content (AvgIpc) is 2.74. The zero-order valence-electron chi connectivity index (χ0n) is 8.23. The second-order valence-corrected chi connectivity index (χ2v) is 5.76. The van der Waals surface area contributed by atoms with Gasteiger partial charge in [-0.15, -0.1) is 0 Å². The van der Waals surface area contributed by atoms with Crippen LogP contribution in [0.25, 0.3) is 0 Å². The molecule has 0 amide bonds. The molecule has 1 aromatic heterocycles. The summed E-state index contributed by atoms with van der Waals surface area (Å²) in [6, 6.07) is 4.38. The maximum atomic E-state index is 5.45. The monoisotopic (exact) mass is 229 g/mol. The molecular formula is C10H15NOS2. The van der Waals surface area contributed by atoms with Gasteiger partial charge in [0, 0.05) is 22.5 Å². The third kappa shape index (κ3) is 2.30. The molecule has 0 spiro atoms. The van der Waals surface area contributed by atoms with Crippen LogP contribution in [-0.2, 0) is 0 Å². The largest absolute Gasteiger partial charge is 0.468 e. The van der Waals surface area contributed by atoms with Gasteiger partial charge in [0.2, 0.25) is 0 Å². The second kappa shape index (κ2) is 5.14. The lowest BCUT2D eigenvalue weighted by molar-refractivity contribution is 0.430. The smallest absolute Gasteiger partial charge is 0.121 e. The first-order valence-corrected chi connectivity index (χ1v) is 7.02. The van der Waals surface area contributed by atoms with Crippen LogP contribution >= 0.6 is 23.5 Å². The lowest BCUT2D eigenvalue weighted by atomic mass is 10.1. The Hall–Kier alpha value is -0.0600. The normalized spacial score (nSPS) is 24.8. The summed E-state index contributed by atoms with van der Waals surface area (Å²) >= 11 is 4.09. The topological polar surface area (TPSA) is 25.2 Å². The molecule has 0 radical (unpaired) electrons. The van der Waals surface area contributed by atoms with Gasteiger partial charge in [0.25, 0.3) is 0 Å². The number of thioether (sulfide) groups is 2. The van der Waals surface area contributed by atoms with Crippen LogP contribution in [0.15, 0.2) is 22.8 Å². The van der Waals surface area contributed by atoms with Crippen molar-refractivity contribution < 1.29 is 4.42 Å². The number of hydrogen-bond acceptors (Lipinski definition) is 4. The Morgan fingerprint density at radius 2 is 2.50 bits per heavy atom. The Morgan fingerprint density at radius 3 is 3.07 bits per heavy atom. The lowest BCUT2D eigenvalue weighted by Crippen LogP contribution is -2.31. The summed E-state index contributed by atoms with van der Waals surface area (Å²) in [5.41, 5.74) is 0. The Labute approximate surface area is 93.2 Å². The Balaban J connectivity index is 2.04. The first-order chi connectivity index (χ1) is 6.92. The van der Waals surface area contributed by atoms with Crippen molar-refractivity contribution in [1.29, 1.82) is 0 Å². The molecule has 0 aromatic carbocycles. The molecule has 1 saturated heterocycles. The van der Waals surface area contributed by atoms with Gasteiger partial charge in [0.05, 0.1) is 12.3 Å². The molecule has 1 aliphatic rings. The standard InChI is InChI=1S/C10H15NOS2/c1-11-10(8-3-2-4-12-8)9-7-13-5-6-14-9/h2-4,9-11H,5-7H2,1H3. The van der Waals surface area contributed by atoms with Crippen molar-refractivity contribution in [2.75, 3.05) is 24.3 Å². The van der Waals surface area contributed by atoms with E-state index in [2.05, 4.69) is 23.1 Å². The van der Waals surface area contributed by atoms with E-state index in [0.717, 1.165) is 5.76 Å². The van der Waals surface area contributed by atoms with Gasteiger partial charge in [-0.2, -0.15) is 23.5 Å². The van der Waals surface area contributed by atoms with Crippen molar-refractivity contribution in [1.82, 2.24) is 5.32 Å². The van der Waals surface area contributed by atoms with E-state index < -0.39 is 0 Å². The molecule has 78 valence electrons. The van der Waals surface area contributed by atoms with Crippen LogP contribution < -0.4 is 5.32 Å². The fraction of sp³-hybridized carbons (Fsp3) is 0.600. The molecule has 2 unspecified atom stereocenters. The predicted octanol–water partition coefficient (Wildman–Crippen LogP) is 2.39. The van der Waals surface area contributed by atoms with Gasteiger partial charge in [0.1, 0.15) is 5.76 Å². The molecule has 4 heteroatoms. The van der Waals surface area contributed by atoms with Crippen LogP contribution in [0, 0.1) is 0 Å². The Morgan fingerprint density at radius 1 is 1.57 bits per heavy atom. The summed E-state index contributed by atoms with van der Waals surface area (Å²) < 4.78 is 5.45. The first-order valence-electron chi connectivity index (χ1n) is 4.82. The average molecular weight is 229 g/mol. The zero-order chi connectivity index (χ0) is 9.80. The number of rotatable bonds is 3. The molecule has 2 heterocycles. The van der Waals surface area contributed by atoms with Crippen molar-refractivity contribution in [3.05, 3.63) is 24.2 Å². The zero-order valence-corrected chi connectivity index (χ0v) is 9.87. The molecule has 1 aliphatic heterocycles. The summed E-state index contributed by atoms with van der Waals surface area (Å²) in [7, 11) is 2.01. The molecule has 2 rings (SSSR count). The maximum Gasteiger partial charge on any atom is 0.121 e. The molecule has 0 aliphatic carbocycles. The van der Waals surface area contributed by atoms with Crippen molar-refractivity contribution in [2.24, 2.45) is 0 Å². The second-order valence-electron chi connectivity index (χ2n) is 3.27. The highest BCUT2D eigenvalue weighted by atomic mass is 32.2. The molecule has 1 aromatic rings. The van der Waals surface area contributed by atoms with E-state index in [1.807, 2.05) is 24.9 Å². The van der Waals surface area contributed by atoms with Crippen molar-refractivity contribution in [2.45, 2.75) is 11.3 Å². The summed E-state index contributed by atoms with van der Waals surface area (Å²) in [5.74, 6) is 4.83. The van der Waals surface area contributed by atoms with Crippen LogP contribution in [-0.4, -0.2) is 29.6 Å². The molecule has 1 fully saturated rings. The highest BCUT2D eigenvalue weighted by molar-refractivity contribution is 8.06. The van der Waals surface area contributed by atoms with Crippen LogP contribution in [0.4, 0.5) is 0 Å². The van der Waals surface area contributed by atoms with Gasteiger partial charge >= 0.3 is 0 Å². The van der Waals surface area contributed by atoms with Crippen molar-refractivity contribution in [3.8, 4) is 0 Å². The molecule has 2 atom stereocenters. The van der Waals surface area contributed by atoms with Crippen LogP contribution in [0.3, 0.4) is 0 Å². The Kier molecular flexibility index (Phi) is 3.84. The van der Waals surface area contributed by atoms with Gasteiger partial charge in [-0.25, -0.2) is 0 Å². The van der Waals surface area contributed by atoms with Gasteiger partial charge in [0.15, 0.2) is 0 Å². The third-order valence-corrected chi connectivity index (χ3v) is 5.24. The highest BCUT2D eigenvalue weighted by Crippen LogP contribution is 2.33. The molecule has 2 nitrogen and oxygen atoms in total. The highest BCUT2D eigenvalue weighted by Gasteiger charge is 2.26. The van der Waals surface area contributed by atoms with E-state index in [4.69, 9.17) is 4.42 Å². The number of furan rings is 1.